The monoisotopic (exact) mass is 491 g/mol. The Labute approximate surface area is 207 Å². The topological polar surface area (TPSA) is 46.9 Å². The van der Waals surface area contributed by atoms with Gasteiger partial charge in [-0.2, -0.15) is 5.10 Å². The lowest BCUT2D eigenvalue weighted by Gasteiger charge is -2.13. The molecule has 1 N–H and O–H groups in total. The highest BCUT2D eigenvalue weighted by Crippen LogP contribution is 2.29. The molecule has 0 fully saturated rings. The first-order valence-electron chi connectivity index (χ1n) is 11.1. The number of nitrogens with one attached hydrogen (secondary N) is 1. The van der Waals surface area contributed by atoms with E-state index in [0.717, 1.165) is 28.8 Å². The third-order valence-electron chi connectivity index (χ3n) is 5.75. The molecular weight excluding hydrogens is 468 g/mol. The SMILES string of the molecule is CC(=Cc1ccc(Cl)cc1)c1c(C)c(C(=O)N[C@H](C)c2ccccc2)nn1-c1ccc(F)cc1F. The highest BCUT2D eigenvalue weighted by atomic mass is 35.5. The first kappa shape index (κ1) is 24.4. The molecule has 4 rings (SSSR count). The summed E-state index contributed by atoms with van der Waals surface area (Å²) < 4.78 is 29.7. The molecule has 4 aromatic rings. The molecule has 1 aromatic heterocycles. The molecule has 0 saturated heterocycles. The standard InChI is InChI=1S/C28H24ClF2N3O/c1-17(15-20-9-11-22(29)12-10-20)27-18(2)26(28(35)32-19(3)21-7-5-4-6-8-21)33-34(27)25-14-13-23(30)16-24(25)31/h4-16,19H,1-3H3,(H,32,35)/t19-/m1/s1. The molecule has 0 saturated carbocycles. The van der Waals surface area contributed by atoms with Gasteiger partial charge in [0.1, 0.15) is 11.5 Å². The van der Waals surface area contributed by atoms with Crippen LogP contribution in [0.5, 0.6) is 0 Å². The number of carbonyl (C=O) groups is 1. The van der Waals surface area contributed by atoms with Crippen molar-refractivity contribution < 1.29 is 13.6 Å². The number of carbonyl (C=O) groups excluding carboxylic acids is 1. The van der Waals surface area contributed by atoms with Gasteiger partial charge in [-0.15, -0.1) is 0 Å². The molecule has 1 atom stereocenters. The summed E-state index contributed by atoms with van der Waals surface area (Å²) in [5.74, 6) is -1.86. The molecule has 0 aliphatic rings. The Hall–Kier alpha value is -3.77. The molecule has 0 radical (unpaired) electrons. The number of benzene rings is 3. The van der Waals surface area contributed by atoms with Crippen molar-refractivity contribution in [2.24, 2.45) is 0 Å². The third kappa shape index (κ3) is 5.33. The molecule has 0 spiro atoms. The van der Waals surface area contributed by atoms with E-state index >= 15 is 0 Å². The average molecular weight is 492 g/mol. The van der Waals surface area contributed by atoms with Crippen molar-refractivity contribution >= 4 is 29.2 Å². The first-order valence-corrected chi connectivity index (χ1v) is 11.5. The Balaban J connectivity index is 1.79. The zero-order valence-electron chi connectivity index (χ0n) is 19.5. The number of nitrogens with zero attached hydrogens (tertiary/aromatic N) is 2. The molecule has 1 heterocycles. The molecule has 0 aliphatic carbocycles. The van der Waals surface area contributed by atoms with E-state index in [4.69, 9.17) is 11.6 Å². The number of halogens is 3. The lowest BCUT2D eigenvalue weighted by Crippen LogP contribution is -2.27. The van der Waals surface area contributed by atoms with Crippen molar-refractivity contribution in [3.8, 4) is 5.69 Å². The summed E-state index contributed by atoms with van der Waals surface area (Å²) in [5.41, 5.74) is 3.90. The summed E-state index contributed by atoms with van der Waals surface area (Å²) >= 11 is 6.00. The van der Waals surface area contributed by atoms with Gasteiger partial charge in [-0.25, -0.2) is 13.5 Å². The molecule has 0 aliphatic heterocycles. The van der Waals surface area contributed by atoms with Gasteiger partial charge in [-0.1, -0.05) is 54.1 Å². The van der Waals surface area contributed by atoms with Gasteiger partial charge in [0, 0.05) is 16.7 Å². The molecule has 1 amide bonds. The van der Waals surface area contributed by atoms with Crippen molar-refractivity contribution in [1.29, 1.82) is 0 Å². The number of allylic oxidation sites excluding steroid dienone is 1. The van der Waals surface area contributed by atoms with Crippen LogP contribution >= 0.6 is 11.6 Å². The number of aromatic nitrogens is 2. The lowest BCUT2D eigenvalue weighted by molar-refractivity contribution is 0.0933. The molecule has 3 aromatic carbocycles. The summed E-state index contributed by atoms with van der Waals surface area (Å²) in [6.07, 6.45) is 1.90. The Morgan fingerprint density at radius 1 is 1.06 bits per heavy atom. The molecule has 0 bridgehead atoms. The molecular formula is C28H24ClF2N3O. The van der Waals surface area contributed by atoms with Crippen LogP contribution in [0, 0.1) is 18.6 Å². The van der Waals surface area contributed by atoms with Gasteiger partial charge >= 0.3 is 0 Å². The zero-order chi connectivity index (χ0) is 25.1. The van der Waals surface area contributed by atoms with E-state index in [1.54, 1.807) is 19.1 Å². The van der Waals surface area contributed by atoms with E-state index in [2.05, 4.69) is 10.4 Å². The molecule has 178 valence electrons. The normalized spacial score (nSPS) is 12.5. The summed E-state index contributed by atoms with van der Waals surface area (Å²) in [5, 5.41) is 8.05. The van der Waals surface area contributed by atoms with Crippen LogP contribution in [0.3, 0.4) is 0 Å². The minimum absolute atomic E-state index is 0.0449. The van der Waals surface area contributed by atoms with Gasteiger partial charge in [-0.3, -0.25) is 4.79 Å². The van der Waals surface area contributed by atoms with Crippen molar-refractivity contribution in [2.45, 2.75) is 26.8 Å². The Morgan fingerprint density at radius 2 is 1.74 bits per heavy atom. The van der Waals surface area contributed by atoms with Crippen molar-refractivity contribution in [3.05, 3.63) is 118 Å². The second-order valence-corrected chi connectivity index (χ2v) is 8.75. The molecule has 35 heavy (non-hydrogen) atoms. The van der Waals surface area contributed by atoms with Crippen LogP contribution < -0.4 is 5.32 Å². The van der Waals surface area contributed by atoms with Gasteiger partial charge in [0.05, 0.1) is 11.7 Å². The summed E-state index contributed by atoms with van der Waals surface area (Å²) in [7, 11) is 0. The van der Waals surface area contributed by atoms with Crippen LogP contribution in [0.4, 0.5) is 8.78 Å². The third-order valence-corrected chi connectivity index (χ3v) is 6.00. The maximum atomic E-state index is 14.8. The average Bonchev–Trinajstić information content (AvgIpc) is 3.18. The van der Waals surface area contributed by atoms with E-state index in [1.165, 1.54) is 10.7 Å². The van der Waals surface area contributed by atoms with Crippen LogP contribution in [0.2, 0.25) is 5.02 Å². The summed E-state index contributed by atoms with van der Waals surface area (Å²) in [6, 6.07) is 19.8. The van der Waals surface area contributed by atoms with Crippen molar-refractivity contribution in [2.75, 3.05) is 0 Å². The molecule has 4 nitrogen and oxygen atoms in total. The number of hydrogen-bond acceptors (Lipinski definition) is 2. The highest BCUT2D eigenvalue weighted by Gasteiger charge is 2.24. The fourth-order valence-corrected chi connectivity index (χ4v) is 4.10. The van der Waals surface area contributed by atoms with Crippen LogP contribution in [0.25, 0.3) is 17.3 Å². The second kappa shape index (κ2) is 10.2. The van der Waals surface area contributed by atoms with E-state index in [9.17, 15) is 13.6 Å². The van der Waals surface area contributed by atoms with Gasteiger partial charge in [0.25, 0.3) is 5.91 Å². The zero-order valence-corrected chi connectivity index (χ0v) is 20.3. The fraction of sp³-hybridized carbons (Fsp3) is 0.143. The minimum atomic E-state index is -0.780. The van der Waals surface area contributed by atoms with Crippen molar-refractivity contribution in [1.82, 2.24) is 15.1 Å². The smallest absolute Gasteiger partial charge is 0.272 e. The summed E-state index contributed by atoms with van der Waals surface area (Å²) in [4.78, 5) is 13.2. The minimum Gasteiger partial charge on any atom is -0.344 e. The number of hydrogen-bond donors (Lipinski definition) is 1. The van der Waals surface area contributed by atoms with Gasteiger partial charge in [-0.05, 0) is 67.8 Å². The van der Waals surface area contributed by atoms with Crippen LogP contribution in [-0.2, 0) is 0 Å². The first-order chi connectivity index (χ1) is 16.7. The van der Waals surface area contributed by atoms with Crippen LogP contribution in [0.15, 0.2) is 72.8 Å². The maximum Gasteiger partial charge on any atom is 0.272 e. The summed E-state index contributed by atoms with van der Waals surface area (Å²) in [6.45, 7) is 5.50. The van der Waals surface area contributed by atoms with Gasteiger partial charge in [0.2, 0.25) is 0 Å². The number of rotatable bonds is 6. The Kier molecular flexibility index (Phi) is 7.12. The maximum absolute atomic E-state index is 14.8. The Morgan fingerprint density at radius 3 is 2.40 bits per heavy atom. The predicted molar refractivity (Wildman–Crippen MR) is 136 cm³/mol. The lowest BCUT2D eigenvalue weighted by atomic mass is 10.0. The van der Waals surface area contributed by atoms with Gasteiger partial charge < -0.3 is 5.32 Å². The predicted octanol–water partition coefficient (Wildman–Crippen LogP) is 7.16. The second-order valence-electron chi connectivity index (χ2n) is 8.31. The quantitative estimate of drug-likeness (QED) is 0.311. The fourth-order valence-electron chi connectivity index (χ4n) is 3.97. The highest BCUT2D eigenvalue weighted by molar-refractivity contribution is 6.30. The largest absolute Gasteiger partial charge is 0.344 e. The van der Waals surface area contributed by atoms with Gasteiger partial charge in [0.15, 0.2) is 11.5 Å². The van der Waals surface area contributed by atoms with Crippen LogP contribution in [-0.4, -0.2) is 15.7 Å². The van der Waals surface area contributed by atoms with E-state index in [0.29, 0.717) is 16.3 Å². The van der Waals surface area contributed by atoms with Crippen LogP contribution in [0.1, 0.15) is 52.8 Å². The molecule has 0 unspecified atom stereocenters. The van der Waals surface area contributed by atoms with E-state index in [1.807, 2.05) is 62.4 Å². The van der Waals surface area contributed by atoms with E-state index in [-0.39, 0.29) is 23.3 Å². The number of amides is 1. The van der Waals surface area contributed by atoms with Crippen molar-refractivity contribution in [3.63, 3.8) is 0 Å². The van der Waals surface area contributed by atoms with E-state index < -0.39 is 11.6 Å². The Bertz CT molecular complexity index is 1400. The molecule has 7 heteroatoms.